The summed E-state index contributed by atoms with van der Waals surface area (Å²) in [6, 6.07) is 0. The van der Waals surface area contributed by atoms with E-state index in [2.05, 4.69) is 20.3 Å². The van der Waals surface area contributed by atoms with Gasteiger partial charge in [0.2, 0.25) is 0 Å². The van der Waals surface area contributed by atoms with Crippen LogP contribution in [0, 0.1) is 0 Å². The fourth-order valence-electron chi connectivity index (χ4n) is 1.66. The number of aromatic nitrogens is 4. The van der Waals surface area contributed by atoms with Gasteiger partial charge >= 0.3 is 0 Å². The van der Waals surface area contributed by atoms with Crippen molar-refractivity contribution < 1.29 is 0 Å². The summed E-state index contributed by atoms with van der Waals surface area (Å²) in [4.78, 5) is 15.1. The van der Waals surface area contributed by atoms with E-state index in [0.717, 1.165) is 23.9 Å². The summed E-state index contributed by atoms with van der Waals surface area (Å²) in [7, 11) is 5.86. The molecule has 18 heavy (non-hydrogen) atoms. The highest BCUT2D eigenvalue weighted by Crippen LogP contribution is 2.10. The molecular formula is C12H18N6. The van der Waals surface area contributed by atoms with Gasteiger partial charge in [0.05, 0.1) is 24.6 Å². The van der Waals surface area contributed by atoms with Gasteiger partial charge in [-0.15, -0.1) is 0 Å². The number of nitrogens with zero attached hydrogens (tertiary/aromatic N) is 5. The second-order valence-corrected chi connectivity index (χ2v) is 4.21. The first-order chi connectivity index (χ1) is 8.70. The lowest BCUT2D eigenvalue weighted by Crippen LogP contribution is -2.20. The molecule has 2 heterocycles. The maximum absolute atomic E-state index is 4.39. The van der Waals surface area contributed by atoms with Crippen LogP contribution in [0.25, 0.3) is 0 Å². The summed E-state index contributed by atoms with van der Waals surface area (Å²) in [5.74, 6) is 1.84. The number of anilines is 1. The molecular weight excluding hydrogens is 228 g/mol. The third-order valence-corrected chi connectivity index (χ3v) is 2.74. The van der Waals surface area contributed by atoms with Crippen molar-refractivity contribution in [3.63, 3.8) is 0 Å². The van der Waals surface area contributed by atoms with E-state index in [9.17, 15) is 0 Å². The van der Waals surface area contributed by atoms with Crippen molar-refractivity contribution >= 4 is 5.82 Å². The molecule has 0 radical (unpaired) electrons. The second kappa shape index (κ2) is 5.59. The molecule has 0 atom stereocenters. The molecule has 0 bridgehead atoms. The Labute approximate surface area is 107 Å². The Morgan fingerprint density at radius 1 is 1.28 bits per heavy atom. The van der Waals surface area contributed by atoms with Crippen molar-refractivity contribution in [2.45, 2.75) is 13.1 Å². The van der Waals surface area contributed by atoms with E-state index in [0.29, 0.717) is 6.54 Å². The van der Waals surface area contributed by atoms with Gasteiger partial charge in [0.15, 0.2) is 0 Å². The van der Waals surface area contributed by atoms with Crippen molar-refractivity contribution in [2.24, 2.45) is 7.05 Å². The van der Waals surface area contributed by atoms with Gasteiger partial charge < -0.3 is 14.8 Å². The Bertz CT molecular complexity index is 490. The van der Waals surface area contributed by atoms with Crippen molar-refractivity contribution in [3.05, 3.63) is 36.3 Å². The van der Waals surface area contributed by atoms with Crippen LogP contribution >= 0.6 is 0 Å². The topological polar surface area (TPSA) is 58.9 Å². The third kappa shape index (κ3) is 2.84. The minimum Gasteiger partial charge on any atom is -0.351 e. The fourth-order valence-corrected chi connectivity index (χ4v) is 1.66. The molecule has 0 aliphatic carbocycles. The second-order valence-electron chi connectivity index (χ2n) is 4.21. The van der Waals surface area contributed by atoms with Crippen molar-refractivity contribution in [3.8, 4) is 0 Å². The highest BCUT2D eigenvalue weighted by molar-refractivity contribution is 5.34. The lowest BCUT2D eigenvalue weighted by molar-refractivity contribution is 0.747. The predicted molar refractivity (Wildman–Crippen MR) is 70.1 cm³/mol. The van der Waals surface area contributed by atoms with E-state index in [-0.39, 0.29) is 0 Å². The molecule has 0 fully saturated rings. The lowest BCUT2D eigenvalue weighted by atomic mass is 10.4. The number of hydrogen-bond acceptors (Lipinski definition) is 5. The quantitative estimate of drug-likeness (QED) is 0.835. The Balaban J connectivity index is 2.04. The zero-order valence-electron chi connectivity index (χ0n) is 11.0. The molecule has 0 unspecified atom stereocenters. The molecule has 0 saturated carbocycles. The Kier molecular flexibility index (Phi) is 3.88. The van der Waals surface area contributed by atoms with Crippen LogP contribution in [0.1, 0.15) is 11.5 Å². The van der Waals surface area contributed by atoms with Gasteiger partial charge in [-0.3, -0.25) is 4.98 Å². The zero-order chi connectivity index (χ0) is 13.0. The van der Waals surface area contributed by atoms with Gasteiger partial charge in [0.1, 0.15) is 11.6 Å². The van der Waals surface area contributed by atoms with Crippen molar-refractivity contribution in [2.75, 3.05) is 19.0 Å². The maximum atomic E-state index is 4.39. The van der Waals surface area contributed by atoms with Crippen LogP contribution in [-0.4, -0.2) is 33.6 Å². The van der Waals surface area contributed by atoms with E-state index in [1.807, 2.05) is 36.8 Å². The summed E-state index contributed by atoms with van der Waals surface area (Å²) in [6.45, 7) is 1.44. The number of aryl methyl sites for hydroxylation is 1. The minimum absolute atomic E-state index is 0.712. The van der Waals surface area contributed by atoms with E-state index in [4.69, 9.17) is 0 Å². The molecule has 0 aliphatic heterocycles. The highest BCUT2D eigenvalue weighted by atomic mass is 15.2. The summed E-state index contributed by atoms with van der Waals surface area (Å²) in [5, 5.41) is 3.05. The molecule has 96 valence electrons. The van der Waals surface area contributed by atoms with Crippen LogP contribution in [0.15, 0.2) is 24.8 Å². The van der Waals surface area contributed by atoms with Gasteiger partial charge in [-0.25, -0.2) is 9.97 Å². The zero-order valence-corrected chi connectivity index (χ0v) is 11.0. The number of imidazole rings is 1. The highest BCUT2D eigenvalue weighted by Gasteiger charge is 2.07. The summed E-state index contributed by atoms with van der Waals surface area (Å²) < 4.78 is 2.00. The average molecular weight is 246 g/mol. The Hall–Kier alpha value is -1.95. The molecule has 6 heteroatoms. The average Bonchev–Trinajstić information content (AvgIpc) is 2.76. The molecule has 2 rings (SSSR count). The predicted octanol–water partition coefficient (Wildman–Crippen LogP) is 0.566. The van der Waals surface area contributed by atoms with Crippen LogP contribution in [0.2, 0.25) is 0 Å². The van der Waals surface area contributed by atoms with Gasteiger partial charge in [-0.05, 0) is 7.05 Å². The summed E-state index contributed by atoms with van der Waals surface area (Å²) in [5.41, 5.74) is 0.937. The summed E-state index contributed by atoms with van der Waals surface area (Å²) in [6.07, 6.45) is 7.31. The monoisotopic (exact) mass is 246 g/mol. The smallest absolute Gasteiger partial charge is 0.147 e. The first-order valence-electron chi connectivity index (χ1n) is 5.83. The number of hydrogen-bond donors (Lipinski definition) is 1. The molecule has 2 aromatic heterocycles. The van der Waals surface area contributed by atoms with Crippen LogP contribution in [0.4, 0.5) is 5.82 Å². The lowest BCUT2D eigenvalue weighted by Gasteiger charge is -2.17. The van der Waals surface area contributed by atoms with Crippen LogP contribution in [0.3, 0.4) is 0 Å². The third-order valence-electron chi connectivity index (χ3n) is 2.74. The van der Waals surface area contributed by atoms with E-state index >= 15 is 0 Å². The number of rotatable bonds is 5. The van der Waals surface area contributed by atoms with Gasteiger partial charge in [-0.1, -0.05) is 0 Å². The SMILES string of the molecule is CNCc1cnc(N(C)Cc2nccn2C)cn1. The molecule has 2 aromatic rings. The first-order valence-corrected chi connectivity index (χ1v) is 5.83. The van der Waals surface area contributed by atoms with E-state index in [1.165, 1.54) is 0 Å². The standard InChI is InChI=1S/C12H18N6/c1-13-6-10-7-16-11(8-15-10)18(3)9-12-14-4-5-17(12)2/h4-5,7-8,13H,6,9H2,1-3H3. The fraction of sp³-hybridized carbons (Fsp3) is 0.417. The summed E-state index contributed by atoms with van der Waals surface area (Å²) >= 11 is 0. The molecule has 0 aromatic carbocycles. The van der Waals surface area contributed by atoms with Gasteiger partial charge in [-0.2, -0.15) is 0 Å². The Morgan fingerprint density at radius 2 is 2.11 bits per heavy atom. The van der Waals surface area contributed by atoms with E-state index in [1.54, 1.807) is 18.6 Å². The number of nitrogens with one attached hydrogen (secondary N) is 1. The minimum atomic E-state index is 0.712. The van der Waals surface area contributed by atoms with E-state index < -0.39 is 0 Å². The molecule has 1 N–H and O–H groups in total. The molecule has 0 spiro atoms. The Morgan fingerprint density at radius 3 is 2.67 bits per heavy atom. The van der Waals surface area contributed by atoms with Crippen LogP contribution in [0.5, 0.6) is 0 Å². The van der Waals surface area contributed by atoms with Crippen molar-refractivity contribution in [1.29, 1.82) is 0 Å². The van der Waals surface area contributed by atoms with Gasteiger partial charge in [0.25, 0.3) is 0 Å². The molecule has 0 aliphatic rings. The van der Waals surface area contributed by atoms with Crippen LogP contribution < -0.4 is 10.2 Å². The van der Waals surface area contributed by atoms with Crippen molar-refractivity contribution in [1.82, 2.24) is 24.8 Å². The van der Waals surface area contributed by atoms with Gasteiger partial charge in [0, 0.05) is 33.0 Å². The normalized spacial score (nSPS) is 10.6. The first kappa shape index (κ1) is 12.5. The van der Waals surface area contributed by atoms with Crippen LogP contribution in [-0.2, 0) is 20.1 Å². The largest absolute Gasteiger partial charge is 0.351 e. The molecule has 6 nitrogen and oxygen atoms in total. The molecule has 0 saturated heterocycles. The maximum Gasteiger partial charge on any atom is 0.147 e. The molecule has 0 amide bonds.